The van der Waals surface area contributed by atoms with Gasteiger partial charge in [0.2, 0.25) is 0 Å². The Morgan fingerprint density at radius 3 is 1.58 bits per heavy atom. The molecule has 2 heterocycles. The fourth-order valence-corrected chi connectivity index (χ4v) is 11.0. The molecule has 2 aliphatic rings. The van der Waals surface area contributed by atoms with E-state index < -0.39 is 31.9 Å². The van der Waals surface area contributed by atoms with E-state index in [1.54, 1.807) is 45.2 Å². The second-order valence-corrected chi connectivity index (χ2v) is 19.7. The Labute approximate surface area is 379 Å². The molecule has 12 nitrogen and oxygen atoms in total. The van der Waals surface area contributed by atoms with E-state index in [0.717, 1.165) is 69.0 Å². The van der Waals surface area contributed by atoms with E-state index in [4.69, 9.17) is 15.9 Å². The fourth-order valence-electron chi connectivity index (χ4n) is 8.03. The van der Waals surface area contributed by atoms with Gasteiger partial charge in [0.1, 0.15) is 5.82 Å². The summed E-state index contributed by atoms with van der Waals surface area (Å²) in [5, 5.41) is 7.00. The molecule has 15 heteroatoms. The van der Waals surface area contributed by atoms with Crippen molar-refractivity contribution >= 4 is 43.4 Å². The molecule has 0 fully saturated rings. The number of sulfonamides is 2. The third kappa shape index (κ3) is 11.9. The van der Waals surface area contributed by atoms with Crippen LogP contribution in [-0.4, -0.2) is 69.2 Å². The molecule has 0 amide bonds. The zero-order valence-electron chi connectivity index (χ0n) is 37.5. The molecule has 0 spiro atoms. The smallest absolute Gasteiger partial charge is 0.305 e. The van der Waals surface area contributed by atoms with E-state index >= 15 is 0 Å². The molecule has 344 valence electrons. The molecule has 0 aromatic heterocycles. The van der Waals surface area contributed by atoms with Crippen molar-refractivity contribution in [2.45, 2.75) is 107 Å². The Morgan fingerprint density at radius 1 is 0.641 bits per heavy atom. The SMILES string of the molecule is C#Cc1ccc2c(c1)S(=O)(=O)N(C)c1ccccc1C2NCCCCCCC(=O)OCC.CCOC(=O)CCCCCCNC1c2ccccc2N(C)S(=O)(=O)c2cc(C)c(F)cc21. The molecule has 2 N–H and O–H groups in total. The van der Waals surface area contributed by atoms with Crippen molar-refractivity contribution in [2.75, 3.05) is 49.0 Å². The lowest BCUT2D eigenvalue weighted by Crippen LogP contribution is -2.26. The molecule has 2 unspecified atom stereocenters. The number of rotatable bonds is 18. The third-order valence-electron chi connectivity index (χ3n) is 11.5. The maximum absolute atomic E-state index is 14.5. The van der Waals surface area contributed by atoms with Gasteiger partial charge >= 0.3 is 11.9 Å². The average molecular weight is 917 g/mol. The number of carbonyl (C=O) groups is 2. The van der Waals surface area contributed by atoms with E-state index in [2.05, 4.69) is 16.6 Å². The van der Waals surface area contributed by atoms with E-state index in [9.17, 15) is 30.8 Å². The van der Waals surface area contributed by atoms with Crippen LogP contribution in [0, 0.1) is 25.1 Å². The molecule has 0 aliphatic carbocycles. The highest BCUT2D eigenvalue weighted by atomic mass is 32.2. The van der Waals surface area contributed by atoms with Gasteiger partial charge in [-0.3, -0.25) is 18.2 Å². The van der Waals surface area contributed by atoms with Crippen LogP contribution in [0.5, 0.6) is 0 Å². The van der Waals surface area contributed by atoms with Gasteiger partial charge < -0.3 is 20.1 Å². The minimum atomic E-state index is -3.82. The van der Waals surface area contributed by atoms with Crippen LogP contribution >= 0.6 is 0 Å². The Kier molecular flexibility index (Phi) is 17.9. The number of aryl methyl sites for hydroxylation is 1. The summed E-state index contributed by atoms with van der Waals surface area (Å²) >= 11 is 0. The first-order valence-electron chi connectivity index (χ1n) is 22.0. The lowest BCUT2D eigenvalue weighted by Gasteiger charge is -2.22. The van der Waals surface area contributed by atoms with Crippen molar-refractivity contribution < 1.29 is 40.3 Å². The predicted molar refractivity (Wildman–Crippen MR) is 249 cm³/mol. The van der Waals surface area contributed by atoms with Gasteiger partial charge in [-0.1, -0.05) is 74.1 Å². The number of ether oxygens (including phenoxy) is 2. The Hall–Kier alpha value is -5.27. The van der Waals surface area contributed by atoms with Gasteiger partial charge in [0.15, 0.2) is 0 Å². The normalized spacial score (nSPS) is 16.6. The zero-order chi connectivity index (χ0) is 46.4. The number of fused-ring (bicyclic) bond motifs is 4. The predicted octanol–water partition coefficient (Wildman–Crippen LogP) is 8.46. The van der Waals surface area contributed by atoms with E-state index in [1.807, 2.05) is 49.4 Å². The summed E-state index contributed by atoms with van der Waals surface area (Å²) in [6.45, 7) is 7.35. The number of terminal acetylenes is 1. The number of hydrogen-bond acceptors (Lipinski definition) is 10. The summed E-state index contributed by atoms with van der Waals surface area (Å²) in [4.78, 5) is 23.2. The monoisotopic (exact) mass is 916 g/mol. The van der Waals surface area contributed by atoms with E-state index in [0.29, 0.717) is 66.2 Å². The van der Waals surface area contributed by atoms with Crippen LogP contribution in [0.4, 0.5) is 15.8 Å². The van der Waals surface area contributed by atoms with Gasteiger partial charge in [-0.15, -0.1) is 6.42 Å². The quantitative estimate of drug-likeness (QED) is 0.0565. The molecule has 2 aliphatic heterocycles. The molecule has 0 radical (unpaired) electrons. The van der Waals surface area contributed by atoms with Crippen molar-refractivity contribution in [1.29, 1.82) is 0 Å². The van der Waals surface area contributed by atoms with Crippen LogP contribution < -0.4 is 19.2 Å². The molecule has 2 atom stereocenters. The highest BCUT2D eigenvalue weighted by Gasteiger charge is 2.36. The number of nitrogens with zero attached hydrogens (tertiary/aromatic N) is 2. The summed E-state index contributed by atoms with van der Waals surface area (Å²) in [7, 11) is -4.45. The maximum atomic E-state index is 14.5. The number of halogens is 1. The third-order valence-corrected chi connectivity index (χ3v) is 15.1. The first kappa shape index (κ1) is 49.7. The van der Waals surface area contributed by atoms with Crippen molar-refractivity contribution in [2.24, 2.45) is 0 Å². The summed E-state index contributed by atoms with van der Waals surface area (Å²) in [6.07, 6.45) is 13.5. The number of anilines is 2. The van der Waals surface area contributed by atoms with Crippen LogP contribution in [-0.2, 0) is 39.1 Å². The van der Waals surface area contributed by atoms with Gasteiger partial charge in [-0.2, -0.15) is 0 Å². The largest absolute Gasteiger partial charge is 0.466 e. The Morgan fingerprint density at radius 2 is 1.09 bits per heavy atom. The second kappa shape index (κ2) is 23.1. The molecule has 6 rings (SSSR count). The first-order chi connectivity index (χ1) is 30.7. The van der Waals surface area contributed by atoms with Gasteiger partial charge in [0, 0.05) is 32.5 Å². The lowest BCUT2D eigenvalue weighted by atomic mass is 9.95. The molecule has 4 aromatic carbocycles. The highest BCUT2D eigenvalue weighted by Crippen LogP contribution is 2.42. The Bertz CT molecular complexity index is 2530. The summed E-state index contributed by atoms with van der Waals surface area (Å²) in [5.74, 6) is 1.80. The molecule has 0 saturated heterocycles. The van der Waals surface area contributed by atoms with Crippen LogP contribution in [0.1, 0.15) is 124 Å². The Balaban J connectivity index is 0.000000241. The van der Waals surface area contributed by atoms with Crippen LogP contribution in [0.25, 0.3) is 0 Å². The number of carbonyl (C=O) groups excluding carboxylic acids is 2. The van der Waals surface area contributed by atoms with Gasteiger partial charge in [0.25, 0.3) is 20.0 Å². The number of esters is 2. The molecule has 4 aromatic rings. The number of nitrogens with one attached hydrogen (secondary N) is 2. The molecule has 0 saturated carbocycles. The van der Waals surface area contributed by atoms with Crippen molar-refractivity contribution in [3.8, 4) is 12.3 Å². The number of unbranched alkanes of at least 4 members (excludes halogenated alkanes) is 6. The summed E-state index contributed by atoms with van der Waals surface area (Å²) < 4.78 is 80.3. The zero-order valence-corrected chi connectivity index (χ0v) is 39.1. The van der Waals surface area contributed by atoms with Crippen molar-refractivity contribution in [3.63, 3.8) is 0 Å². The van der Waals surface area contributed by atoms with Crippen LogP contribution in [0.2, 0.25) is 0 Å². The highest BCUT2D eigenvalue weighted by molar-refractivity contribution is 7.93. The van der Waals surface area contributed by atoms with Gasteiger partial charge in [-0.05, 0) is 124 Å². The number of hydrogen-bond donors (Lipinski definition) is 2. The second-order valence-electron chi connectivity index (χ2n) is 15.8. The van der Waals surface area contributed by atoms with E-state index in [-0.39, 0.29) is 27.8 Å². The van der Waals surface area contributed by atoms with Gasteiger partial charge in [-0.25, -0.2) is 21.2 Å². The summed E-state index contributed by atoms with van der Waals surface area (Å²) in [5.41, 5.74) is 4.89. The standard InChI is InChI=1S/C25H30N2O4S.C24H31FN2O4S/c1-4-19-15-16-21-23(18-19)32(29,30)27(3)22-13-10-9-12-20(22)25(21)26-17-11-7-6-8-14-24(28)31-5-2;1-4-31-23(28)13-7-5-6-10-14-26-24-18-11-8-9-12-21(18)27(3)32(29,30)22-15-17(2)20(25)16-19(22)24/h1,9-10,12-13,15-16,18,25-26H,5-8,11,14,17H2,2-3H3;8-9,11-12,15-16,24,26H,4-7,10,13-14H2,1-3H3. The lowest BCUT2D eigenvalue weighted by molar-refractivity contribution is -0.144. The maximum Gasteiger partial charge on any atom is 0.305 e. The molecular formula is C49H61FN4O8S2. The molecule has 64 heavy (non-hydrogen) atoms. The van der Waals surface area contributed by atoms with Crippen LogP contribution in [0.15, 0.2) is 88.7 Å². The first-order valence-corrected chi connectivity index (χ1v) is 24.9. The minimum absolute atomic E-state index is 0.127. The number of para-hydroxylation sites is 2. The van der Waals surface area contributed by atoms with Crippen molar-refractivity contribution in [3.05, 3.63) is 118 Å². The van der Waals surface area contributed by atoms with Gasteiger partial charge in [0.05, 0.1) is 46.5 Å². The molecular weight excluding hydrogens is 856 g/mol. The minimum Gasteiger partial charge on any atom is -0.466 e. The topological polar surface area (TPSA) is 151 Å². The number of benzene rings is 4. The summed E-state index contributed by atoms with van der Waals surface area (Å²) in [6, 6.07) is 22.1. The van der Waals surface area contributed by atoms with Crippen LogP contribution in [0.3, 0.4) is 0 Å². The van der Waals surface area contributed by atoms with Crippen molar-refractivity contribution in [1.82, 2.24) is 10.6 Å². The molecule has 0 bridgehead atoms. The fraction of sp³-hybridized carbons (Fsp3) is 0.429. The van der Waals surface area contributed by atoms with E-state index in [1.165, 1.54) is 27.8 Å². The average Bonchev–Trinajstić information content (AvgIpc) is 3.39.